The van der Waals surface area contributed by atoms with Gasteiger partial charge in [0.15, 0.2) is 9.84 Å². The van der Waals surface area contributed by atoms with Gasteiger partial charge >= 0.3 is 6.80 Å². The van der Waals surface area contributed by atoms with Crippen LogP contribution in [0.5, 0.6) is 11.5 Å². The lowest BCUT2D eigenvalue weighted by atomic mass is 10.00. The SMILES string of the molecule is CS(=O)(=O)c1ccc2cc3cc(OP(=O)(Oc4cccc(Br)c4)Sc4ccccc4)cc(C#N)c3cc2c1. The fraction of sp³-hybridized carbons (Fsp3) is 0.0357. The number of halogens is 1. The minimum absolute atomic E-state index is 0.200. The van der Waals surface area contributed by atoms with Crippen molar-refractivity contribution in [1.29, 1.82) is 5.26 Å². The Morgan fingerprint density at radius 2 is 1.58 bits per heavy atom. The van der Waals surface area contributed by atoms with E-state index in [1.807, 2.05) is 42.5 Å². The summed E-state index contributed by atoms with van der Waals surface area (Å²) >= 11 is 4.37. The van der Waals surface area contributed by atoms with Crippen molar-refractivity contribution in [3.8, 4) is 17.6 Å². The minimum atomic E-state index is -3.87. The molecule has 190 valence electrons. The molecule has 6 nitrogen and oxygen atoms in total. The maximum Gasteiger partial charge on any atom is 0.497 e. The Labute approximate surface area is 232 Å². The number of nitrogens with zero attached hydrogens (tertiary/aromatic N) is 1. The molecular weight excluding hydrogens is 605 g/mol. The molecule has 5 rings (SSSR count). The van der Waals surface area contributed by atoms with Crippen LogP contribution in [0.4, 0.5) is 0 Å². The Kier molecular flexibility index (Phi) is 7.26. The molecule has 0 N–H and O–H groups in total. The largest absolute Gasteiger partial charge is 0.497 e. The zero-order chi connectivity index (χ0) is 26.9. The number of fused-ring (bicyclic) bond motifs is 2. The third-order valence-corrected chi connectivity index (χ3v) is 10.5. The van der Waals surface area contributed by atoms with Crippen LogP contribution < -0.4 is 9.05 Å². The van der Waals surface area contributed by atoms with Gasteiger partial charge in [-0.05, 0) is 82.9 Å². The molecule has 0 saturated heterocycles. The number of rotatable bonds is 7. The predicted octanol–water partition coefficient (Wildman–Crippen LogP) is 8.39. The lowest BCUT2D eigenvalue weighted by Gasteiger charge is -2.20. The molecule has 1 atom stereocenters. The van der Waals surface area contributed by atoms with Crippen LogP contribution >= 0.6 is 34.1 Å². The molecule has 0 heterocycles. The Balaban J connectivity index is 1.58. The highest BCUT2D eigenvalue weighted by Gasteiger charge is 2.31. The molecule has 10 heteroatoms. The van der Waals surface area contributed by atoms with Gasteiger partial charge in [-0.3, -0.25) is 0 Å². The van der Waals surface area contributed by atoms with E-state index in [2.05, 4.69) is 22.0 Å². The molecule has 5 aromatic carbocycles. The van der Waals surface area contributed by atoms with E-state index in [0.29, 0.717) is 32.4 Å². The summed E-state index contributed by atoms with van der Waals surface area (Å²) in [5.74, 6) is 0.572. The molecule has 38 heavy (non-hydrogen) atoms. The number of sulfone groups is 1. The second-order valence-electron chi connectivity index (χ2n) is 8.43. The van der Waals surface area contributed by atoms with E-state index in [-0.39, 0.29) is 10.6 Å². The van der Waals surface area contributed by atoms with Crippen molar-refractivity contribution in [3.05, 3.63) is 107 Å². The van der Waals surface area contributed by atoms with Crippen LogP contribution in [0.25, 0.3) is 21.5 Å². The number of hydrogen-bond donors (Lipinski definition) is 0. The van der Waals surface area contributed by atoms with Crippen molar-refractivity contribution in [3.63, 3.8) is 0 Å². The summed E-state index contributed by atoms with van der Waals surface area (Å²) in [6.07, 6.45) is 1.15. The summed E-state index contributed by atoms with van der Waals surface area (Å²) in [6.45, 7) is -3.87. The van der Waals surface area contributed by atoms with Crippen molar-refractivity contribution in [1.82, 2.24) is 0 Å². The Morgan fingerprint density at radius 3 is 2.29 bits per heavy atom. The zero-order valence-electron chi connectivity index (χ0n) is 19.9. The topological polar surface area (TPSA) is 93.5 Å². The number of hydrogen-bond acceptors (Lipinski definition) is 7. The van der Waals surface area contributed by atoms with E-state index in [0.717, 1.165) is 27.5 Å². The second kappa shape index (κ2) is 10.5. The van der Waals surface area contributed by atoms with Crippen LogP contribution in [0.2, 0.25) is 0 Å². The van der Waals surface area contributed by atoms with E-state index < -0.39 is 16.6 Å². The van der Waals surface area contributed by atoms with Gasteiger partial charge in [0.1, 0.15) is 11.5 Å². The Bertz CT molecular complexity index is 1890. The van der Waals surface area contributed by atoms with Gasteiger partial charge in [-0.25, -0.2) is 13.0 Å². The molecule has 5 aromatic rings. The second-order valence-corrected chi connectivity index (χ2v) is 15.2. The summed E-state index contributed by atoms with van der Waals surface area (Å²) in [6, 6.07) is 30.0. The van der Waals surface area contributed by atoms with Gasteiger partial charge in [-0.2, -0.15) is 5.26 Å². The van der Waals surface area contributed by atoms with Crippen LogP contribution in [-0.2, 0) is 14.4 Å². The van der Waals surface area contributed by atoms with Gasteiger partial charge < -0.3 is 9.05 Å². The summed E-state index contributed by atoms with van der Waals surface area (Å²) in [5.41, 5.74) is 0.294. The fourth-order valence-electron chi connectivity index (χ4n) is 3.89. The molecule has 0 radical (unpaired) electrons. The molecule has 0 aromatic heterocycles. The first-order valence-electron chi connectivity index (χ1n) is 11.2. The van der Waals surface area contributed by atoms with Crippen molar-refractivity contribution >= 4 is 65.5 Å². The van der Waals surface area contributed by atoms with Gasteiger partial charge in [-0.15, -0.1) is 0 Å². The summed E-state index contributed by atoms with van der Waals surface area (Å²) in [5, 5.41) is 12.7. The van der Waals surface area contributed by atoms with Gasteiger partial charge in [0, 0.05) is 32.4 Å². The first-order chi connectivity index (χ1) is 18.1. The van der Waals surface area contributed by atoms with Crippen molar-refractivity contribution in [2.24, 2.45) is 0 Å². The summed E-state index contributed by atoms with van der Waals surface area (Å²) < 4.78 is 50.8. The first-order valence-corrected chi connectivity index (χ1v) is 16.9. The van der Waals surface area contributed by atoms with Crippen molar-refractivity contribution < 1.29 is 22.0 Å². The van der Waals surface area contributed by atoms with Crippen LogP contribution in [0.1, 0.15) is 5.56 Å². The van der Waals surface area contributed by atoms with E-state index in [1.54, 1.807) is 48.5 Å². The van der Waals surface area contributed by atoms with Gasteiger partial charge in [0.05, 0.1) is 16.5 Å². The first kappa shape index (κ1) is 26.3. The standard InChI is InChI=1S/C28H19BrNO5PS2/c1-38(32,33)27-11-10-19-12-21-13-25(14-22(18-30)28(21)16-20(19)15-27)35-36(31,37-26-8-3-2-4-9-26)34-24-7-5-6-23(29)17-24/h2-17H,1H3. The fourth-order valence-corrected chi connectivity index (χ4v) is 8.18. The number of nitriles is 1. The molecule has 0 bridgehead atoms. The van der Waals surface area contributed by atoms with E-state index in [9.17, 15) is 18.2 Å². The molecular formula is C28H19BrNO5PS2. The summed E-state index contributed by atoms with van der Waals surface area (Å²) in [7, 11) is -3.38. The maximum absolute atomic E-state index is 14.1. The lowest BCUT2D eigenvalue weighted by Crippen LogP contribution is -1.99. The summed E-state index contributed by atoms with van der Waals surface area (Å²) in [4.78, 5) is 0.895. The quantitative estimate of drug-likeness (QED) is 0.133. The van der Waals surface area contributed by atoms with E-state index in [4.69, 9.17) is 9.05 Å². The van der Waals surface area contributed by atoms with Gasteiger partial charge in [0.2, 0.25) is 0 Å². The highest BCUT2D eigenvalue weighted by Crippen LogP contribution is 2.62. The van der Waals surface area contributed by atoms with E-state index in [1.165, 1.54) is 6.07 Å². The van der Waals surface area contributed by atoms with Crippen LogP contribution in [-0.4, -0.2) is 14.7 Å². The Hall–Kier alpha value is -3.28. The van der Waals surface area contributed by atoms with Gasteiger partial charge in [0.25, 0.3) is 0 Å². The third-order valence-electron chi connectivity index (χ3n) is 5.59. The lowest BCUT2D eigenvalue weighted by molar-refractivity contribution is 0.408. The van der Waals surface area contributed by atoms with Gasteiger partial charge in [-0.1, -0.05) is 46.3 Å². The molecule has 0 aliphatic rings. The molecule has 0 aliphatic carbocycles. The average molecular weight is 624 g/mol. The molecule has 0 amide bonds. The highest BCUT2D eigenvalue weighted by molar-refractivity contribution is 9.10. The highest BCUT2D eigenvalue weighted by atomic mass is 79.9. The van der Waals surface area contributed by atoms with Crippen LogP contribution in [0, 0.1) is 11.3 Å². The molecule has 0 fully saturated rings. The molecule has 1 unspecified atom stereocenters. The molecule has 0 aliphatic heterocycles. The normalized spacial score (nSPS) is 13.1. The number of benzene rings is 5. The Morgan fingerprint density at radius 1 is 0.816 bits per heavy atom. The minimum Gasteiger partial charge on any atom is -0.408 e. The average Bonchev–Trinajstić information content (AvgIpc) is 2.86. The van der Waals surface area contributed by atoms with Crippen molar-refractivity contribution in [2.45, 2.75) is 9.79 Å². The molecule has 0 saturated carbocycles. The van der Waals surface area contributed by atoms with E-state index >= 15 is 0 Å². The van der Waals surface area contributed by atoms with Crippen molar-refractivity contribution in [2.75, 3.05) is 6.26 Å². The monoisotopic (exact) mass is 623 g/mol. The zero-order valence-corrected chi connectivity index (χ0v) is 24.0. The smallest absolute Gasteiger partial charge is 0.408 e. The molecule has 0 spiro atoms. The maximum atomic E-state index is 14.1. The van der Waals surface area contributed by atoms with Crippen LogP contribution in [0.15, 0.2) is 111 Å². The predicted molar refractivity (Wildman–Crippen MR) is 155 cm³/mol. The third kappa shape index (κ3) is 5.90. The van der Waals surface area contributed by atoms with Crippen LogP contribution in [0.3, 0.4) is 0 Å².